The van der Waals surface area contributed by atoms with Crippen LogP contribution in [0.5, 0.6) is 0 Å². The molecule has 1 aliphatic carbocycles. The van der Waals surface area contributed by atoms with Gasteiger partial charge in [0.25, 0.3) is 0 Å². The Kier molecular flexibility index (Phi) is 4.36. The lowest BCUT2D eigenvalue weighted by Crippen LogP contribution is -2.15. The van der Waals surface area contributed by atoms with Crippen LogP contribution in [0.15, 0.2) is 18.5 Å². The van der Waals surface area contributed by atoms with Crippen molar-refractivity contribution in [3.8, 4) is 10.6 Å². The normalized spacial score (nSPS) is 14.9. The highest BCUT2D eigenvalue weighted by Gasteiger charge is 2.22. The van der Waals surface area contributed by atoms with E-state index in [-0.39, 0.29) is 0 Å². The predicted octanol–water partition coefficient (Wildman–Crippen LogP) is 4.14. The zero-order valence-corrected chi connectivity index (χ0v) is 13.8. The maximum atomic E-state index is 4.94. The number of thiazole rings is 1. The second-order valence-corrected chi connectivity index (χ2v) is 7.11. The average molecular weight is 301 g/mol. The smallest absolute Gasteiger partial charge is 0.124 e. The van der Waals surface area contributed by atoms with Crippen molar-refractivity contribution in [2.45, 2.75) is 58.5 Å². The summed E-state index contributed by atoms with van der Waals surface area (Å²) in [5, 5.41) is 4.76. The predicted molar refractivity (Wildman–Crippen MR) is 88.7 cm³/mol. The Labute approximate surface area is 130 Å². The van der Waals surface area contributed by atoms with Gasteiger partial charge in [-0.15, -0.1) is 11.3 Å². The third-order valence-electron chi connectivity index (χ3n) is 3.92. The Hall–Kier alpha value is -1.26. The van der Waals surface area contributed by atoms with Gasteiger partial charge in [-0.05, 0) is 36.8 Å². The number of hydrogen-bond acceptors (Lipinski definition) is 4. The van der Waals surface area contributed by atoms with E-state index in [1.54, 1.807) is 0 Å². The molecular weight excluding hydrogens is 278 g/mol. The lowest BCUT2D eigenvalue weighted by atomic mass is 10.1. The molecule has 3 nitrogen and oxygen atoms in total. The fraction of sp³-hybridized carbons (Fsp3) is 0.529. The molecule has 0 atom stereocenters. The molecule has 3 rings (SSSR count). The molecule has 0 spiro atoms. The maximum Gasteiger partial charge on any atom is 0.124 e. The Balaban J connectivity index is 1.92. The quantitative estimate of drug-likeness (QED) is 0.871. The molecule has 1 saturated carbocycles. The van der Waals surface area contributed by atoms with Crippen LogP contribution in [0.25, 0.3) is 10.6 Å². The zero-order chi connectivity index (χ0) is 14.8. The second kappa shape index (κ2) is 6.24. The molecule has 0 amide bonds. The Bertz CT molecular complexity index is 614. The minimum atomic E-state index is 0.470. The molecule has 1 N–H and O–H groups in total. The van der Waals surface area contributed by atoms with Crippen LogP contribution < -0.4 is 5.32 Å². The first-order valence-electron chi connectivity index (χ1n) is 7.85. The Morgan fingerprint density at radius 2 is 2.19 bits per heavy atom. The van der Waals surface area contributed by atoms with E-state index in [0.29, 0.717) is 5.92 Å². The molecule has 0 radical (unpaired) electrons. The van der Waals surface area contributed by atoms with E-state index >= 15 is 0 Å². The van der Waals surface area contributed by atoms with Gasteiger partial charge in [0.2, 0.25) is 0 Å². The van der Waals surface area contributed by atoms with Crippen molar-refractivity contribution in [3.05, 3.63) is 34.6 Å². The lowest BCUT2D eigenvalue weighted by Gasteiger charge is -2.05. The lowest BCUT2D eigenvalue weighted by molar-refractivity contribution is 0.681. The molecule has 0 bridgehead atoms. The third kappa shape index (κ3) is 3.33. The fourth-order valence-corrected chi connectivity index (χ4v) is 3.73. The Morgan fingerprint density at radius 3 is 2.86 bits per heavy atom. The molecule has 4 heteroatoms. The van der Waals surface area contributed by atoms with Gasteiger partial charge in [-0.25, -0.2) is 4.98 Å². The van der Waals surface area contributed by atoms with Crippen molar-refractivity contribution in [1.82, 2.24) is 15.3 Å². The van der Waals surface area contributed by atoms with Crippen LogP contribution >= 0.6 is 11.3 Å². The topological polar surface area (TPSA) is 37.8 Å². The first kappa shape index (κ1) is 14.7. The molecule has 21 heavy (non-hydrogen) atoms. The summed E-state index contributed by atoms with van der Waals surface area (Å²) in [6, 6.07) is 2.84. The highest BCUT2D eigenvalue weighted by atomic mass is 32.1. The van der Waals surface area contributed by atoms with E-state index in [0.717, 1.165) is 24.0 Å². The van der Waals surface area contributed by atoms with E-state index in [1.165, 1.54) is 34.5 Å². The molecule has 1 fully saturated rings. The van der Waals surface area contributed by atoms with Crippen molar-refractivity contribution >= 4 is 11.3 Å². The van der Waals surface area contributed by atoms with Crippen LogP contribution in [-0.2, 0) is 13.0 Å². The first-order chi connectivity index (χ1) is 10.2. The molecule has 2 aromatic heterocycles. The highest BCUT2D eigenvalue weighted by Crippen LogP contribution is 2.34. The summed E-state index contributed by atoms with van der Waals surface area (Å²) < 4.78 is 0. The molecule has 2 aromatic rings. The molecule has 112 valence electrons. The van der Waals surface area contributed by atoms with Gasteiger partial charge >= 0.3 is 0 Å². The number of rotatable bonds is 6. The monoisotopic (exact) mass is 301 g/mol. The second-order valence-electron chi connectivity index (χ2n) is 6.02. The van der Waals surface area contributed by atoms with Gasteiger partial charge in [-0.1, -0.05) is 20.8 Å². The summed E-state index contributed by atoms with van der Waals surface area (Å²) in [4.78, 5) is 10.6. The van der Waals surface area contributed by atoms with Crippen molar-refractivity contribution in [3.63, 3.8) is 0 Å². The molecule has 1 aliphatic rings. The van der Waals surface area contributed by atoms with E-state index in [9.17, 15) is 0 Å². The van der Waals surface area contributed by atoms with Crippen molar-refractivity contribution in [2.24, 2.45) is 0 Å². The number of hydrogen-bond donors (Lipinski definition) is 1. The third-order valence-corrected chi connectivity index (χ3v) is 5.02. The number of aryl methyl sites for hydroxylation is 1. The molecular formula is C17H23N3S. The largest absolute Gasteiger partial charge is 0.309 e. The average Bonchev–Trinajstić information content (AvgIpc) is 3.22. The zero-order valence-electron chi connectivity index (χ0n) is 13.0. The van der Waals surface area contributed by atoms with E-state index < -0.39 is 0 Å². The number of nitrogens with one attached hydrogen (secondary N) is 1. The van der Waals surface area contributed by atoms with Gasteiger partial charge in [0, 0.05) is 35.4 Å². The van der Waals surface area contributed by atoms with Gasteiger partial charge in [0.15, 0.2) is 0 Å². The molecule has 2 heterocycles. The number of pyridine rings is 1. The van der Waals surface area contributed by atoms with Crippen molar-refractivity contribution in [1.29, 1.82) is 0 Å². The SMILES string of the molecule is CCc1cnccc1-c1nc(C(C)C)c(CNC2CC2)s1. The van der Waals surface area contributed by atoms with Crippen LogP contribution in [0, 0.1) is 0 Å². The van der Waals surface area contributed by atoms with Crippen molar-refractivity contribution in [2.75, 3.05) is 0 Å². The summed E-state index contributed by atoms with van der Waals surface area (Å²) >= 11 is 1.84. The summed E-state index contributed by atoms with van der Waals surface area (Å²) in [7, 11) is 0. The fourth-order valence-electron chi connectivity index (χ4n) is 2.50. The van der Waals surface area contributed by atoms with Crippen molar-refractivity contribution < 1.29 is 0 Å². The van der Waals surface area contributed by atoms with Gasteiger partial charge in [0.05, 0.1) is 5.69 Å². The minimum Gasteiger partial charge on any atom is -0.309 e. The van der Waals surface area contributed by atoms with Crippen LogP contribution in [-0.4, -0.2) is 16.0 Å². The van der Waals surface area contributed by atoms with Crippen LogP contribution in [0.3, 0.4) is 0 Å². The molecule has 0 saturated heterocycles. The first-order valence-corrected chi connectivity index (χ1v) is 8.67. The standard InChI is InChI=1S/C17H23N3S/c1-4-12-9-18-8-7-14(12)17-20-16(11(2)3)15(21-17)10-19-13-5-6-13/h7-9,11,13,19H,4-6,10H2,1-3H3. The van der Waals surface area contributed by atoms with Crippen LogP contribution in [0.2, 0.25) is 0 Å². The summed E-state index contributed by atoms with van der Waals surface area (Å²) in [6.07, 6.45) is 7.48. The van der Waals surface area contributed by atoms with Gasteiger partial charge < -0.3 is 5.32 Å². The van der Waals surface area contributed by atoms with Gasteiger partial charge in [-0.3, -0.25) is 4.98 Å². The van der Waals surface area contributed by atoms with E-state index in [4.69, 9.17) is 4.98 Å². The van der Waals surface area contributed by atoms with Crippen LogP contribution in [0.4, 0.5) is 0 Å². The Morgan fingerprint density at radius 1 is 1.38 bits per heavy atom. The van der Waals surface area contributed by atoms with Gasteiger partial charge in [-0.2, -0.15) is 0 Å². The molecule has 0 aliphatic heterocycles. The molecule has 0 aromatic carbocycles. The number of nitrogens with zero attached hydrogens (tertiary/aromatic N) is 2. The maximum absolute atomic E-state index is 4.94. The van der Waals surface area contributed by atoms with E-state index in [2.05, 4.69) is 37.1 Å². The highest BCUT2D eigenvalue weighted by molar-refractivity contribution is 7.15. The minimum absolute atomic E-state index is 0.470. The number of aromatic nitrogens is 2. The van der Waals surface area contributed by atoms with Crippen LogP contribution in [0.1, 0.15) is 55.7 Å². The summed E-state index contributed by atoms with van der Waals surface area (Å²) in [6.45, 7) is 7.59. The summed E-state index contributed by atoms with van der Waals surface area (Å²) in [5.41, 5.74) is 3.78. The van der Waals surface area contributed by atoms with Gasteiger partial charge in [0.1, 0.15) is 5.01 Å². The summed E-state index contributed by atoms with van der Waals surface area (Å²) in [5.74, 6) is 0.470. The van der Waals surface area contributed by atoms with E-state index in [1.807, 2.05) is 23.7 Å². The molecule has 0 unspecified atom stereocenters.